The SMILES string of the molecule is C.C.C.C.C.C.CC(=O)N1Cc2ccccc2C1.CNC(=O)C1CCC2(CC1)CC2.CNC(=O)c1cc(C)ccc1C(F)(F)F.CNC(=O)c1ccc(C)nc1OC.CNC(=O)c1ccc(Cl)c(F)c1.Cc1nc2ccccn2c1C. The number of imidazole rings is 1. The van der Waals surface area contributed by atoms with Gasteiger partial charge in [0, 0.05) is 77.3 Å². The zero-order chi connectivity index (χ0) is 55.6. The zero-order valence-corrected chi connectivity index (χ0v) is 44.9. The van der Waals surface area contributed by atoms with Gasteiger partial charge in [0.25, 0.3) is 17.7 Å². The second kappa shape index (κ2) is 36.1. The van der Waals surface area contributed by atoms with Crippen molar-refractivity contribution in [3.63, 3.8) is 0 Å². The molecule has 81 heavy (non-hydrogen) atoms. The van der Waals surface area contributed by atoms with Crippen LogP contribution in [0.15, 0.2) is 97.2 Å². The maximum Gasteiger partial charge on any atom is 0.417 e. The summed E-state index contributed by atoms with van der Waals surface area (Å²) in [6.45, 7) is 10.8. The van der Waals surface area contributed by atoms with Crippen molar-refractivity contribution in [2.45, 2.75) is 137 Å². The van der Waals surface area contributed by atoms with E-state index >= 15 is 0 Å². The van der Waals surface area contributed by atoms with Crippen LogP contribution in [0.5, 0.6) is 5.88 Å². The molecule has 0 saturated heterocycles. The highest BCUT2D eigenvalue weighted by Gasteiger charge is 2.45. The minimum Gasteiger partial charge on any atom is -0.480 e. The van der Waals surface area contributed by atoms with E-state index < -0.39 is 23.5 Å². The van der Waals surface area contributed by atoms with E-state index in [-0.39, 0.29) is 84.3 Å². The number of alkyl halides is 3. The number of nitrogens with one attached hydrogen (secondary N) is 4. The molecule has 0 bridgehead atoms. The molecule has 1 aliphatic heterocycles. The lowest BCUT2D eigenvalue weighted by Crippen LogP contribution is -2.30. The Morgan fingerprint density at radius 3 is 1.68 bits per heavy atom. The van der Waals surface area contributed by atoms with E-state index in [9.17, 15) is 41.5 Å². The van der Waals surface area contributed by atoms with Crippen LogP contribution in [0.4, 0.5) is 17.6 Å². The number of aromatic nitrogens is 3. The van der Waals surface area contributed by atoms with Gasteiger partial charge in [-0.3, -0.25) is 24.0 Å². The van der Waals surface area contributed by atoms with Gasteiger partial charge in [-0.2, -0.15) is 13.2 Å². The number of amides is 5. The van der Waals surface area contributed by atoms with E-state index in [1.165, 1.54) is 88.0 Å². The molecular weight excluding hydrogens is 1060 g/mol. The molecule has 3 aromatic heterocycles. The van der Waals surface area contributed by atoms with Crippen LogP contribution < -0.4 is 26.0 Å². The maximum absolute atomic E-state index is 12.8. The van der Waals surface area contributed by atoms with Gasteiger partial charge in [-0.25, -0.2) is 14.4 Å². The van der Waals surface area contributed by atoms with Crippen LogP contribution in [0.25, 0.3) is 5.65 Å². The van der Waals surface area contributed by atoms with Crippen molar-refractivity contribution in [1.82, 2.24) is 40.5 Å². The first-order chi connectivity index (χ1) is 35.5. The average Bonchev–Trinajstić information content (AvgIpc) is 3.92. The van der Waals surface area contributed by atoms with Gasteiger partial charge in [0.05, 0.1) is 29.0 Å². The van der Waals surface area contributed by atoms with Crippen molar-refractivity contribution >= 4 is 46.8 Å². The summed E-state index contributed by atoms with van der Waals surface area (Å²) in [7, 11) is 7.58. The minimum atomic E-state index is -4.50. The number of hydrogen-bond donors (Lipinski definition) is 4. The predicted octanol–water partition coefficient (Wildman–Crippen LogP) is 14.0. The first-order valence-corrected chi connectivity index (χ1v) is 24.6. The highest BCUT2D eigenvalue weighted by molar-refractivity contribution is 6.30. The summed E-state index contributed by atoms with van der Waals surface area (Å²) in [5, 5.41) is 9.84. The molecule has 3 aliphatic rings. The van der Waals surface area contributed by atoms with Crippen molar-refractivity contribution in [2.24, 2.45) is 11.3 Å². The number of nitrogens with zero attached hydrogens (tertiary/aromatic N) is 4. The summed E-state index contributed by atoms with van der Waals surface area (Å²) in [5.74, 6) is -0.740. The fourth-order valence-corrected chi connectivity index (χ4v) is 8.29. The average molecular weight is 1160 g/mol. The van der Waals surface area contributed by atoms with E-state index in [0.29, 0.717) is 28.3 Å². The Hall–Kier alpha value is -7.34. The van der Waals surface area contributed by atoms with E-state index in [4.69, 9.17) is 16.3 Å². The summed E-state index contributed by atoms with van der Waals surface area (Å²) >= 11 is 5.42. The Bertz CT molecular complexity index is 2910. The molecule has 2 saturated carbocycles. The summed E-state index contributed by atoms with van der Waals surface area (Å²) in [5.41, 5.74) is 7.54. The topological polar surface area (TPSA) is 176 Å². The summed E-state index contributed by atoms with van der Waals surface area (Å²) in [6.07, 6.45) is 5.22. The van der Waals surface area contributed by atoms with Gasteiger partial charge in [0.15, 0.2) is 0 Å². The molecule has 5 amide bonds. The molecule has 4 heterocycles. The molecule has 0 unspecified atom stereocenters. The van der Waals surface area contributed by atoms with Crippen LogP contribution in [0, 0.1) is 44.8 Å². The maximum atomic E-state index is 12.8. The van der Waals surface area contributed by atoms with Crippen LogP contribution in [0.3, 0.4) is 0 Å². The summed E-state index contributed by atoms with van der Waals surface area (Å²) < 4.78 is 57.3. The fourth-order valence-electron chi connectivity index (χ4n) is 8.17. The number of ether oxygens (including phenoxy) is 1. The highest BCUT2D eigenvalue weighted by atomic mass is 35.5. The molecule has 1 spiro atoms. The van der Waals surface area contributed by atoms with E-state index in [0.717, 1.165) is 55.1 Å². The number of fused-ring (bicyclic) bond motifs is 2. The molecule has 19 heteroatoms. The van der Waals surface area contributed by atoms with Crippen LogP contribution in [0.2, 0.25) is 5.02 Å². The molecule has 0 radical (unpaired) electrons. The Balaban J connectivity index is -0.000000890. The van der Waals surface area contributed by atoms with Crippen LogP contribution in [-0.4, -0.2) is 84.1 Å². The standard InChI is InChI=1S/C10H10F3NO.C10H17NO.C10H11NO.C9H12N2O2.C9H10N2.C8H7ClFNO.6CH4/c1-6-3-4-8(10(11,12)13)7(5-6)9(15)14-2;1-11-9(12)8-2-4-10(5-3-8)6-7-10;1-8(12)11-6-9-4-2-3-5-10(9)7-11;1-6-4-5-7(8(12)10-2)9(11-6)13-3;1-7-8(2)11-6-4-3-5-9(11)10-7;1-11-8(12)5-2-3-6(9)7(10)4-5;;;;;;/h3-5H,1-2H3,(H,14,15);8H,2-7H2,1H3,(H,11,12);2-5H,6-7H2,1H3;4-5H,1-3H3,(H,10,12);3-6H,1-2H3;2-4H,1H3,(H,11,12);6*1H4. The van der Waals surface area contributed by atoms with E-state index in [1.807, 2.05) is 55.3 Å². The third-order valence-corrected chi connectivity index (χ3v) is 13.2. The summed E-state index contributed by atoms with van der Waals surface area (Å²) in [6, 6.07) is 25.1. The predicted molar refractivity (Wildman–Crippen MR) is 322 cm³/mol. The second-order valence-electron chi connectivity index (χ2n) is 18.2. The number of halogens is 5. The van der Waals surface area contributed by atoms with Gasteiger partial charge in [-0.1, -0.05) is 98.1 Å². The normalized spacial score (nSPS) is 12.7. The van der Waals surface area contributed by atoms with Crippen molar-refractivity contribution in [3.8, 4) is 5.88 Å². The van der Waals surface area contributed by atoms with Gasteiger partial charge < -0.3 is 35.3 Å². The molecule has 0 atom stereocenters. The first-order valence-electron chi connectivity index (χ1n) is 24.3. The number of carbonyl (C=O) groups is 5. The van der Waals surface area contributed by atoms with Crippen molar-refractivity contribution in [3.05, 3.63) is 164 Å². The molecule has 450 valence electrons. The molecule has 2 fully saturated rings. The van der Waals surface area contributed by atoms with Crippen LogP contribution in [0.1, 0.15) is 160 Å². The number of aryl methyl sites for hydroxylation is 4. The molecule has 4 N–H and O–H groups in total. The van der Waals surface area contributed by atoms with Crippen LogP contribution >= 0.6 is 11.6 Å². The third kappa shape index (κ3) is 22.6. The van der Waals surface area contributed by atoms with Gasteiger partial charge in [0.1, 0.15) is 17.0 Å². The lowest BCUT2D eigenvalue weighted by atomic mass is 9.79. The van der Waals surface area contributed by atoms with Crippen molar-refractivity contribution in [2.75, 3.05) is 35.3 Å². The Morgan fingerprint density at radius 1 is 0.667 bits per heavy atom. The Labute approximate surface area is 485 Å². The molecular formula is C62H91ClF4N8O6. The largest absolute Gasteiger partial charge is 0.480 e. The number of rotatable bonds is 5. The quantitative estimate of drug-likeness (QED) is 0.123. The van der Waals surface area contributed by atoms with Crippen molar-refractivity contribution < 1.29 is 46.3 Å². The van der Waals surface area contributed by atoms with E-state index in [2.05, 4.69) is 54.7 Å². The highest BCUT2D eigenvalue weighted by Crippen LogP contribution is 2.57. The number of benzene rings is 3. The Kier molecular flexibility index (Phi) is 34.7. The number of pyridine rings is 2. The monoisotopic (exact) mass is 1150 g/mol. The Morgan fingerprint density at radius 2 is 1.21 bits per heavy atom. The number of hydrogen-bond acceptors (Lipinski definition) is 8. The lowest BCUT2D eigenvalue weighted by Gasteiger charge is -2.26. The lowest BCUT2D eigenvalue weighted by molar-refractivity contribution is -0.138. The molecule has 2 aliphatic carbocycles. The van der Waals surface area contributed by atoms with Gasteiger partial charge in [-0.05, 0) is 137 Å². The molecule has 14 nitrogen and oxygen atoms in total. The van der Waals surface area contributed by atoms with Crippen molar-refractivity contribution in [1.29, 1.82) is 0 Å². The smallest absolute Gasteiger partial charge is 0.417 e. The number of methoxy groups -OCH3 is 1. The molecule has 3 aromatic carbocycles. The second-order valence-corrected chi connectivity index (χ2v) is 18.6. The fraction of sp³-hybridized carbons (Fsp3) is 0.435. The van der Waals surface area contributed by atoms with Gasteiger partial charge >= 0.3 is 6.18 Å². The minimum absolute atomic E-state index is 0. The molecule has 9 rings (SSSR count). The van der Waals surface area contributed by atoms with Gasteiger partial charge in [-0.15, -0.1) is 0 Å². The number of carbonyl (C=O) groups excluding carboxylic acids is 5. The third-order valence-electron chi connectivity index (χ3n) is 12.9. The summed E-state index contributed by atoms with van der Waals surface area (Å²) in [4.78, 5) is 66.1. The van der Waals surface area contributed by atoms with Gasteiger partial charge in [0.2, 0.25) is 17.7 Å². The van der Waals surface area contributed by atoms with E-state index in [1.54, 1.807) is 40.1 Å². The first kappa shape index (κ1) is 77.9. The molecule has 6 aromatic rings. The van der Waals surface area contributed by atoms with Crippen LogP contribution in [-0.2, 0) is 28.9 Å². The zero-order valence-electron chi connectivity index (χ0n) is 44.1.